The number of nitrogens with zero attached hydrogens (tertiary/aromatic N) is 2. The summed E-state index contributed by atoms with van der Waals surface area (Å²) < 4.78 is 2.10. The lowest BCUT2D eigenvalue weighted by molar-refractivity contribution is 0.0700. The van der Waals surface area contributed by atoms with Crippen LogP contribution in [0.2, 0.25) is 0 Å². The lowest BCUT2D eigenvalue weighted by Crippen LogP contribution is -2.47. The Hall–Kier alpha value is -1.29. The fraction of sp³-hybridized carbons (Fsp3) is 0.688. The monoisotopic (exact) mass is 275 g/mol. The van der Waals surface area contributed by atoms with E-state index in [0.29, 0.717) is 12.1 Å². The second-order valence-corrected chi connectivity index (χ2v) is 6.00. The van der Waals surface area contributed by atoms with Gasteiger partial charge in [0.25, 0.3) is 5.91 Å². The Morgan fingerprint density at radius 3 is 3.05 bits per heavy atom. The Labute approximate surface area is 121 Å². The zero-order chi connectivity index (χ0) is 13.9. The van der Waals surface area contributed by atoms with Crippen molar-refractivity contribution >= 4 is 5.91 Å². The second-order valence-electron chi connectivity index (χ2n) is 6.00. The van der Waals surface area contributed by atoms with Gasteiger partial charge in [-0.25, -0.2) is 0 Å². The quantitative estimate of drug-likeness (QED) is 0.915. The largest absolute Gasteiger partial charge is 0.344 e. The van der Waals surface area contributed by atoms with Crippen LogP contribution in [0.5, 0.6) is 0 Å². The van der Waals surface area contributed by atoms with Gasteiger partial charge in [-0.3, -0.25) is 4.79 Å². The molecule has 2 aliphatic rings. The Balaban J connectivity index is 1.76. The maximum Gasteiger partial charge on any atom is 0.270 e. The first-order chi connectivity index (χ1) is 9.81. The van der Waals surface area contributed by atoms with Crippen molar-refractivity contribution in [3.63, 3.8) is 0 Å². The molecule has 2 unspecified atom stereocenters. The highest BCUT2D eigenvalue weighted by atomic mass is 16.2. The maximum absolute atomic E-state index is 12.8. The number of hydrogen-bond donors (Lipinski definition) is 1. The summed E-state index contributed by atoms with van der Waals surface area (Å²) in [6.07, 6.45) is 7.83. The maximum atomic E-state index is 12.8. The number of hydrogen-bond acceptors (Lipinski definition) is 2. The van der Waals surface area contributed by atoms with Crippen molar-refractivity contribution in [3.8, 4) is 0 Å². The van der Waals surface area contributed by atoms with E-state index in [1.54, 1.807) is 0 Å². The minimum Gasteiger partial charge on any atom is -0.344 e. The van der Waals surface area contributed by atoms with Gasteiger partial charge in [0.1, 0.15) is 5.69 Å². The molecule has 4 heteroatoms. The topological polar surface area (TPSA) is 37.3 Å². The molecule has 0 saturated carbocycles. The van der Waals surface area contributed by atoms with Crippen LogP contribution in [0.4, 0.5) is 0 Å². The van der Waals surface area contributed by atoms with Crippen LogP contribution >= 0.6 is 0 Å². The van der Waals surface area contributed by atoms with Crippen molar-refractivity contribution in [2.75, 3.05) is 13.1 Å². The molecule has 1 aromatic rings. The lowest BCUT2D eigenvalue weighted by Gasteiger charge is -2.30. The summed E-state index contributed by atoms with van der Waals surface area (Å²) in [5.41, 5.74) is 0.858. The van der Waals surface area contributed by atoms with E-state index >= 15 is 0 Å². The van der Waals surface area contributed by atoms with Crippen molar-refractivity contribution in [2.24, 2.45) is 0 Å². The van der Waals surface area contributed by atoms with E-state index in [2.05, 4.69) is 21.7 Å². The predicted molar refractivity (Wildman–Crippen MR) is 79.8 cm³/mol. The molecule has 3 rings (SSSR count). The number of aryl methyl sites for hydroxylation is 1. The predicted octanol–water partition coefficient (Wildman–Crippen LogP) is 2.25. The third-order valence-electron chi connectivity index (χ3n) is 4.64. The first-order valence-electron chi connectivity index (χ1n) is 8.00. The summed E-state index contributed by atoms with van der Waals surface area (Å²) in [5.74, 6) is 0.222. The van der Waals surface area contributed by atoms with E-state index < -0.39 is 0 Å². The standard InChI is InChI=1S/C16H25N3O/c1-2-10-18-11-4-8-15(18)16(20)19-12-5-7-14(19)13-6-3-9-17-13/h4,8,11,13-14,17H,2-3,5-7,9-10,12H2,1H3. The molecule has 2 fully saturated rings. The third-order valence-corrected chi connectivity index (χ3v) is 4.64. The van der Waals surface area contributed by atoms with Crippen LogP contribution < -0.4 is 5.32 Å². The first-order valence-corrected chi connectivity index (χ1v) is 8.00. The normalized spacial score (nSPS) is 26.4. The SMILES string of the molecule is CCCn1cccc1C(=O)N1CCCC1C1CCCN1. The number of carbonyl (C=O) groups is 1. The molecule has 1 aromatic heterocycles. The van der Waals surface area contributed by atoms with E-state index in [-0.39, 0.29) is 5.91 Å². The van der Waals surface area contributed by atoms with E-state index in [9.17, 15) is 4.79 Å². The molecule has 110 valence electrons. The summed E-state index contributed by atoms with van der Waals surface area (Å²) >= 11 is 0. The summed E-state index contributed by atoms with van der Waals surface area (Å²) in [7, 11) is 0. The molecular weight excluding hydrogens is 250 g/mol. The Morgan fingerprint density at radius 1 is 1.40 bits per heavy atom. The van der Waals surface area contributed by atoms with Crippen molar-refractivity contribution in [2.45, 2.75) is 57.7 Å². The number of rotatable bonds is 4. The van der Waals surface area contributed by atoms with Gasteiger partial charge in [-0.15, -0.1) is 0 Å². The molecule has 3 heterocycles. The fourth-order valence-corrected chi connectivity index (χ4v) is 3.69. The second kappa shape index (κ2) is 6.00. The fourth-order valence-electron chi connectivity index (χ4n) is 3.69. The summed E-state index contributed by atoms with van der Waals surface area (Å²) in [4.78, 5) is 15.0. The van der Waals surface area contributed by atoms with Gasteiger partial charge in [-0.2, -0.15) is 0 Å². The highest BCUT2D eigenvalue weighted by molar-refractivity contribution is 5.93. The minimum absolute atomic E-state index is 0.222. The van der Waals surface area contributed by atoms with Crippen LogP contribution in [0.1, 0.15) is 49.5 Å². The van der Waals surface area contributed by atoms with E-state index in [4.69, 9.17) is 0 Å². The Kier molecular flexibility index (Phi) is 4.10. The molecular formula is C16H25N3O. The van der Waals surface area contributed by atoms with Crippen LogP contribution in [0.3, 0.4) is 0 Å². The number of carbonyl (C=O) groups excluding carboxylic acids is 1. The number of nitrogens with one attached hydrogen (secondary N) is 1. The van der Waals surface area contributed by atoms with Crippen molar-refractivity contribution in [1.29, 1.82) is 0 Å². The van der Waals surface area contributed by atoms with Gasteiger partial charge < -0.3 is 14.8 Å². The van der Waals surface area contributed by atoms with Crippen molar-refractivity contribution in [1.82, 2.24) is 14.8 Å². The molecule has 0 aromatic carbocycles. The van der Waals surface area contributed by atoms with Gasteiger partial charge in [0, 0.05) is 31.4 Å². The zero-order valence-corrected chi connectivity index (χ0v) is 12.3. The van der Waals surface area contributed by atoms with Gasteiger partial charge in [0.15, 0.2) is 0 Å². The molecule has 2 atom stereocenters. The van der Waals surface area contributed by atoms with Crippen LogP contribution in [-0.2, 0) is 6.54 Å². The molecule has 0 spiro atoms. The zero-order valence-electron chi connectivity index (χ0n) is 12.3. The van der Waals surface area contributed by atoms with Crippen molar-refractivity contribution < 1.29 is 4.79 Å². The van der Waals surface area contributed by atoms with Crippen molar-refractivity contribution in [3.05, 3.63) is 24.0 Å². The molecule has 0 bridgehead atoms. The van der Waals surface area contributed by atoms with Crippen LogP contribution in [0.15, 0.2) is 18.3 Å². The summed E-state index contributed by atoms with van der Waals surface area (Å²) in [5, 5.41) is 3.57. The average molecular weight is 275 g/mol. The molecule has 20 heavy (non-hydrogen) atoms. The van der Waals surface area contributed by atoms with Crippen LogP contribution in [0, 0.1) is 0 Å². The molecule has 2 saturated heterocycles. The molecule has 4 nitrogen and oxygen atoms in total. The van der Waals surface area contributed by atoms with Crippen LogP contribution in [-0.4, -0.2) is 40.5 Å². The Morgan fingerprint density at radius 2 is 2.30 bits per heavy atom. The highest BCUT2D eigenvalue weighted by Crippen LogP contribution is 2.26. The van der Waals surface area contributed by atoms with Gasteiger partial charge in [-0.1, -0.05) is 6.92 Å². The number of amides is 1. The molecule has 1 amide bonds. The molecule has 0 radical (unpaired) electrons. The highest BCUT2D eigenvalue weighted by Gasteiger charge is 2.36. The summed E-state index contributed by atoms with van der Waals surface area (Å²) in [6.45, 7) is 5.10. The van der Waals surface area contributed by atoms with Gasteiger partial charge in [-0.05, 0) is 50.8 Å². The average Bonchev–Trinajstić information content (AvgIpc) is 3.19. The first kappa shape index (κ1) is 13.7. The van der Waals surface area contributed by atoms with Gasteiger partial charge >= 0.3 is 0 Å². The van der Waals surface area contributed by atoms with E-state index in [1.165, 1.54) is 12.8 Å². The number of likely N-dealkylation sites (tertiary alicyclic amines) is 1. The smallest absolute Gasteiger partial charge is 0.270 e. The molecule has 0 aliphatic carbocycles. The van der Waals surface area contributed by atoms with E-state index in [1.807, 2.05) is 18.3 Å². The third kappa shape index (κ3) is 2.49. The van der Waals surface area contributed by atoms with Gasteiger partial charge in [0.05, 0.1) is 0 Å². The van der Waals surface area contributed by atoms with E-state index in [0.717, 1.165) is 44.6 Å². The van der Waals surface area contributed by atoms with Crippen LogP contribution in [0.25, 0.3) is 0 Å². The van der Waals surface area contributed by atoms with Gasteiger partial charge in [0.2, 0.25) is 0 Å². The number of aromatic nitrogens is 1. The Bertz CT molecular complexity index is 462. The molecule has 2 aliphatic heterocycles. The minimum atomic E-state index is 0.222. The lowest BCUT2D eigenvalue weighted by atomic mass is 10.0. The summed E-state index contributed by atoms with van der Waals surface area (Å²) in [6, 6.07) is 4.86. The molecule has 1 N–H and O–H groups in total.